The molecule has 2 aromatic rings. The van der Waals surface area contributed by atoms with Crippen LogP contribution in [0.1, 0.15) is 25.5 Å². The lowest BCUT2D eigenvalue weighted by molar-refractivity contribution is -0.150. The van der Waals surface area contributed by atoms with Crippen LogP contribution in [0.5, 0.6) is 0 Å². The van der Waals surface area contributed by atoms with Crippen molar-refractivity contribution in [2.75, 3.05) is 19.7 Å². The molecule has 3 rings (SSSR count). The molecule has 3 heterocycles. The van der Waals surface area contributed by atoms with Crippen LogP contribution in [0.15, 0.2) is 17.7 Å². The van der Waals surface area contributed by atoms with Crippen molar-refractivity contribution in [3.63, 3.8) is 0 Å². The molecule has 0 bridgehead atoms. The Hall–Kier alpha value is -1.86. The second-order valence-electron chi connectivity index (χ2n) is 5.55. The van der Waals surface area contributed by atoms with Crippen LogP contribution in [0, 0.1) is 5.92 Å². The Bertz CT molecular complexity index is 783. The second-order valence-corrected chi connectivity index (χ2v) is 6.78. The molecule has 6 nitrogen and oxygen atoms in total. The molecule has 8 heteroatoms. The Morgan fingerprint density at radius 3 is 3.17 bits per heavy atom. The number of fused-ring (bicyclic) bond motifs is 1. The van der Waals surface area contributed by atoms with Gasteiger partial charge in [-0.15, -0.1) is 11.3 Å². The largest absolute Gasteiger partial charge is 0.466 e. The summed E-state index contributed by atoms with van der Waals surface area (Å²) in [5, 5.41) is 2.28. The van der Waals surface area contributed by atoms with Crippen LogP contribution in [-0.2, 0) is 14.3 Å². The van der Waals surface area contributed by atoms with E-state index in [9.17, 15) is 9.59 Å². The molecule has 0 aliphatic carbocycles. The van der Waals surface area contributed by atoms with Crippen LogP contribution in [0.3, 0.4) is 0 Å². The first kappa shape index (κ1) is 17.0. The van der Waals surface area contributed by atoms with E-state index in [1.165, 1.54) is 17.4 Å². The van der Waals surface area contributed by atoms with Gasteiger partial charge in [-0.25, -0.2) is 4.98 Å². The van der Waals surface area contributed by atoms with Gasteiger partial charge < -0.3 is 9.64 Å². The molecule has 0 radical (unpaired) electrons. The fourth-order valence-corrected chi connectivity index (χ4v) is 3.82. The molecule has 128 valence electrons. The zero-order chi connectivity index (χ0) is 17.1. The Morgan fingerprint density at radius 2 is 2.38 bits per heavy atom. The zero-order valence-corrected chi connectivity index (χ0v) is 14.8. The summed E-state index contributed by atoms with van der Waals surface area (Å²) in [6.07, 6.45) is 6.58. The SMILES string of the molecule is CCOC(=O)C1CCCN(C(=O)/C=C/c2c(Cl)nc3sccn23)C1. The predicted octanol–water partition coefficient (Wildman–Crippen LogP) is 2.86. The van der Waals surface area contributed by atoms with Crippen LogP contribution in [0.2, 0.25) is 5.15 Å². The van der Waals surface area contributed by atoms with E-state index >= 15 is 0 Å². The molecule has 0 saturated carbocycles. The van der Waals surface area contributed by atoms with Gasteiger partial charge in [0.25, 0.3) is 0 Å². The number of carbonyl (C=O) groups excluding carboxylic acids is 2. The summed E-state index contributed by atoms with van der Waals surface area (Å²) in [6, 6.07) is 0. The third-order valence-corrected chi connectivity index (χ3v) is 5.03. The first-order valence-electron chi connectivity index (χ1n) is 7.84. The van der Waals surface area contributed by atoms with Crippen molar-refractivity contribution < 1.29 is 14.3 Å². The Morgan fingerprint density at radius 1 is 1.54 bits per heavy atom. The lowest BCUT2D eigenvalue weighted by atomic mass is 9.98. The number of rotatable bonds is 4. The molecule has 0 N–H and O–H groups in total. The fraction of sp³-hybridized carbons (Fsp3) is 0.438. The van der Waals surface area contributed by atoms with Crippen LogP contribution >= 0.6 is 22.9 Å². The summed E-state index contributed by atoms with van der Waals surface area (Å²) in [6.45, 7) is 3.19. The first-order valence-corrected chi connectivity index (χ1v) is 9.10. The average molecular weight is 368 g/mol. The van der Waals surface area contributed by atoms with Crippen molar-refractivity contribution in [1.29, 1.82) is 0 Å². The van der Waals surface area contributed by atoms with Crippen molar-refractivity contribution >= 4 is 45.9 Å². The van der Waals surface area contributed by atoms with E-state index in [1.54, 1.807) is 17.9 Å². The van der Waals surface area contributed by atoms with Gasteiger partial charge in [0, 0.05) is 30.7 Å². The summed E-state index contributed by atoms with van der Waals surface area (Å²) in [5.41, 5.74) is 0.681. The number of imidazole rings is 1. The molecule has 1 atom stereocenters. The first-order chi connectivity index (χ1) is 11.6. The maximum atomic E-state index is 12.4. The second kappa shape index (κ2) is 7.36. The molecule has 0 spiro atoms. The van der Waals surface area contributed by atoms with Crippen molar-refractivity contribution in [3.05, 3.63) is 28.5 Å². The summed E-state index contributed by atoms with van der Waals surface area (Å²) >= 11 is 7.59. The lowest BCUT2D eigenvalue weighted by Gasteiger charge is -2.30. The number of likely N-dealkylation sites (tertiary alicyclic amines) is 1. The van der Waals surface area contributed by atoms with E-state index in [4.69, 9.17) is 16.3 Å². The normalized spacial score (nSPS) is 18.4. The van der Waals surface area contributed by atoms with E-state index in [1.807, 2.05) is 16.0 Å². The summed E-state index contributed by atoms with van der Waals surface area (Å²) < 4.78 is 6.90. The van der Waals surface area contributed by atoms with Gasteiger partial charge in [0.1, 0.15) is 0 Å². The molecule has 24 heavy (non-hydrogen) atoms. The molecule has 2 aromatic heterocycles. The van der Waals surface area contributed by atoms with E-state index in [0.717, 1.165) is 17.8 Å². The highest BCUT2D eigenvalue weighted by Crippen LogP contribution is 2.23. The number of amides is 1. The number of halogens is 1. The van der Waals surface area contributed by atoms with E-state index in [-0.39, 0.29) is 17.8 Å². The average Bonchev–Trinajstić information content (AvgIpc) is 3.14. The van der Waals surface area contributed by atoms with Gasteiger partial charge >= 0.3 is 5.97 Å². The van der Waals surface area contributed by atoms with Crippen molar-refractivity contribution in [3.8, 4) is 0 Å². The topological polar surface area (TPSA) is 63.9 Å². The predicted molar refractivity (Wildman–Crippen MR) is 93.1 cm³/mol. The van der Waals surface area contributed by atoms with Crippen molar-refractivity contribution in [2.24, 2.45) is 5.92 Å². The number of hydrogen-bond acceptors (Lipinski definition) is 5. The quantitative estimate of drug-likeness (QED) is 0.615. The molecule has 1 aliphatic rings. The van der Waals surface area contributed by atoms with Crippen molar-refractivity contribution in [2.45, 2.75) is 19.8 Å². The number of nitrogens with zero attached hydrogens (tertiary/aromatic N) is 3. The maximum Gasteiger partial charge on any atom is 0.310 e. The standard InChI is InChI=1S/C16H18ClN3O3S/c1-2-23-15(22)11-4-3-7-19(10-11)13(21)6-5-12-14(17)18-16-20(12)8-9-24-16/h5-6,8-9,11H,2-4,7,10H2,1H3/b6-5+. The molecule has 1 unspecified atom stereocenters. The highest BCUT2D eigenvalue weighted by Gasteiger charge is 2.28. The minimum Gasteiger partial charge on any atom is -0.466 e. The number of carbonyl (C=O) groups is 2. The Kier molecular flexibility index (Phi) is 5.20. The zero-order valence-electron chi connectivity index (χ0n) is 13.3. The minimum atomic E-state index is -0.238. The van der Waals surface area contributed by atoms with Gasteiger partial charge in [0.15, 0.2) is 10.1 Å². The third kappa shape index (κ3) is 3.47. The number of piperidine rings is 1. The van der Waals surface area contributed by atoms with Gasteiger partial charge in [-0.1, -0.05) is 11.6 Å². The highest BCUT2D eigenvalue weighted by atomic mass is 35.5. The van der Waals surface area contributed by atoms with Gasteiger partial charge in [-0.3, -0.25) is 14.0 Å². The number of thiazole rings is 1. The number of aromatic nitrogens is 2. The molecular weight excluding hydrogens is 350 g/mol. The smallest absolute Gasteiger partial charge is 0.310 e. The minimum absolute atomic E-state index is 0.134. The molecule has 0 aromatic carbocycles. The van der Waals surface area contributed by atoms with Gasteiger partial charge in [0.05, 0.1) is 18.2 Å². The number of ether oxygens (including phenoxy) is 1. The van der Waals surface area contributed by atoms with Gasteiger partial charge in [-0.2, -0.15) is 0 Å². The molecule has 1 fully saturated rings. The molecular formula is C16H18ClN3O3S. The fourth-order valence-electron chi connectivity index (χ4n) is 2.81. The van der Waals surface area contributed by atoms with E-state index in [2.05, 4.69) is 4.98 Å². The van der Waals surface area contributed by atoms with Crippen LogP contribution < -0.4 is 0 Å². The van der Waals surface area contributed by atoms with E-state index in [0.29, 0.717) is 30.5 Å². The Balaban J connectivity index is 1.69. The molecule has 1 amide bonds. The molecule has 1 saturated heterocycles. The lowest BCUT2D eigenvalue weighted by Crippen LogP contribution is -2.42. The van der Waals surface area contributed by atoms with E-state index < -0.39 is 0 Å². The summed E-state index contributed by atoms with van der Waals surface area (Å²) in [7, 11) is 0. The maximum absolute atomic E-state index is 12.4. The molecule has 1 aliphatic heterocycles. The van der Waals surface area contributed by atoms with Crippen LogP contribution in [0.25, 0.3) is 11.0 Å². The van der Waals surface area contributed by atoms with Crippen molar-refractivity contribution in [1.82, 2.24) is 14.3 Å². The highest BCUT2D eigenvalue weighted by molar-refractivity contribution is 7.15. The van der Waals surface area contributed by atoms with Crippen LogP contribution in [-0.4, -0.2) is 45.9 Å². The summed E-state index contributed by atoms with van der Waals surface area (Å²) in [5.74, 6) is -0.596. The van der Waals surface area contributed by atoms with Crippen LogP contribution in [0.4, 0.5) is 0 Å². The Labute approximate surface area is 148 Å². The third-order valence-electron chi connectivity index (χ3n) is 3.99. The van der Waals surface area contributed by atoms with Gasteiger partial charge in [0.2, 0.25) is 5.91 Å². The van der Waals surface area contributed by atoms with Gasteiger partial charge in [-0.05, 0) is 25.8 Å². The summed E-state index contributed by atoms with van der Waals surface area (Å²) in [4.78, 5) is 31.0. The number of esters is 1. The monoisotopic (exact) mass is 367 g/mol. The number of hydrogen-bond donors (Lipinski definition) is 0.